The molecule has 0 saturated heterocycles. The highest BCUT2D eigenvalue weighted by Gasteiger charge is 2.44. The minimum absolute atomic E-state index is 0.0166. The van der Waals surface area contributed by atoms with Gasteiger partial charge >= 0.3 is 6.18 Å². The third-order valence-corrected chi connectivity index (χ3v) is 6.61. The first-order chi connectivity index (χ1) is 15.5. The molecule has 2 aliphatic rings. The van der Waals surface area contributed by atoms with Crippen molar-refractivity contribution in [2.75, 3.05) is 4.90 Å². The lowest BCUT2D eigenvalue weighted by atomic mass is 9.87. The first-order valence-electron chi connectivity index (χ1n) is 10.7. The predicted octanol–water partition coefficient (Wildman–Crippen LogP) is 5.88. The van der Waals surface area contributed by atoms with Crippen LogP contribution in [0.5, 0.6) is 11.5 Å². The Bertz CT molecular complexity index is 1120. The summed E-state index contributed by atoms with van der Waals surface area (Å²) in [4.78, 5) is 10.2. The van der Waals surface area contributed by atoms with Gasteiger partial charge in [-0.2, -0.15) is 18.2 Å². The molecule has 4 N–H and O–H groups in total. The largest absolute Gasteiger partial charge is 0.455 e. The van der Waals surface area contributed by atoms with E-state index in [0.717, 1.165) is 42.5 Å². The maximum atomic E-state index is 13.7. The number of nitrogens with zero attached hydrogens (tertiary/aromatic N) is 3. The lowest BCUT2D eigenvalue weighted by Gasteiger charge is -2.46. The number of guanidine groups is 2. The maximum Gasteiger partial charge on any atom is 0.416 e. The van der Waals surface area contributed by atoms with Crippen molar-refractivity contribution >= 4 is 29.2 Å². The van der Waals surface area contributed by atoms with E-state index in [0.29, 0.717) is 23.6 Å². The topological polar surface area (TPSA) is 89.2 Å². The van der Waals surface area contributed by atoms with E-state index in [1.165, 1.54) is 6.07 Å². The predicted molar refractivity (Wildman–Crippen MR) is 124 cm³/mol. The number of benzene rings is 2. The van der Waals surface area contributed by atoms with Crippen LogP contribution in [0.3, 0.4) is 0 Å². The molecule has 10 heteroatoms. The first kappa shape index (κ1) is 23.2. The Morgan fingerprint density at radius 2 is 1.67 bits per heavy atom. The van der Waals surface area contributed by atoms with Crippen molar-refractivity contribution in [2.24, 2.45) is 21.5 Å². The molecule has 1 saturated carbocycles. The Labute approximate surface area is 195 Å². The molecule has 6 nitrogen and oxygen atoms in total. The number of aryl methyl sites for hydroxylation is 2. The number of ether oxygens (including phenoxy) is 1. The van der Waals surface area contributed by atoms with E-state index in [1.807, 2.05) is 13.8 Å². The second-order valence-electron chi connectivity index (χ2n) is 8.47. The Morgan fingerprint density at radius 3 is 2.27 bits per heavy atom. The summed E-state index contributed by atoms with van der Waals surface area (Å²) in [6, 6.07) is 6.77. The fraction of sp³-hybridized carbons (Fsp3) is 0.391. The number of hydrogen-bond acceptors (Lipinski definition) is 6. The van der Waals surface area contributed by atoms with Gasteiger partial charge in [-0.05, 0) is 81.0 Å². The molecule has 0 unspecified atom stereocenters. The summed E-state index contributed by atoms with van der Waals surface area (Å²) in [6.45, 7) is 3.67. The van der Waals surface area contributed by atoms with Gasteiger partial charge in [0.15, 0.2) is 5.75 Å². The van der Waals surface area contributed by atoms with E-state index in [1.54, 1.807) is 17.0 Å². The third-order valence-electron chi connectivity index (χ3n) is 6.02. The lowest BCUT2D eigenvalue weighted by molar-refractivity contribution is -0.137. The number of aliphatic imine (C=N–C) groups is 2. The number of rotatable bonds is 3. The molecule has 2 aromatic carbocycles. The molecule has 0 radical (unpaired) electrons. The zero-order chi connectivity index (χ0) is 24.0. The zero-order valence-electron chi connectivity index (χ0n) is 18.3. The molecular formula is C23H25ClF3N5O. The molecule has 1 spiro atoms. The van der Waals surface area contributed by atoms with Gasteiger partial charge in [-0.3, -0.25) is 4.90 Å². The van der Waals surface area contributed by atoms with Crippen LogP contribution in [0, 0.1) is 13.8 Å². The van der Waals surface area contributed by atoms with E-state index >= 15 is 0 Å². The normalized spacial score (nSPS) is 18.2. The monoisotopic (exact) mass is 479 g/mol. The van der Waals surface area contributed by atoms with Crippen LogP contribution in [0.25, 0.3) is 0 Å². The third kappa shape index (κ3) is 4.46. The summed E-state index contributed by atoms with van der Waals surface area (Å²) in [5, 5.41) is 0.605. The van der Waals surface area contributed by atoms with E-state index in [9.17, 15) is 13.2 Å². The standard InChI is InChI=1S/C23H25ClF3N5O/c1-13-10-16(11-14(2)19(13)24)33-18-7-6-15(23(25,26)27)12-17(18)32-21(29)30-20(28)31-22(32)8-4-3-5-9-22/h6-7,10-12H,3-5,8-9H2,1-2H3,(H4,28,29,30,31). The summed E-state index contributed by atoms with van der Waals surface area (Å²) < 4.78 is 47.1. The fourth-order valence-corrected chi connectivity index (χ4v) is 4.63. The summed E-state index contributed by atoms with van der Waals surface area (Å²) in [6.07, 6.45) is -0.712. The molecule has 0 amide bonds. The molecule has 2 aromatic rings. The fourth-order valence-electron chi connectivity index (χ4n) is 4.52. The second kappa shape index (κ2) is 8.44. The van der Waals surface area contributed by atoms with Crippen LogP contribution in [-0.2, 0) is 6.18 Å². The van der Waals surface area contributed by atoms with Crippen molar-refractivity contribution in [3.63, 3.8) is 0 Å². The van der Waals surface area contributed by atoms with Crippen molar-refractivity contribution in [1.29, 1.82) is 0 Å². The number of nitrogens with two attached hydrogens (primary N) is 2. The highest BCUT2D eigenvalue weighted by Crippen LogP contribution is 2.46. The van der Waals surface area contributed by atoms with Gasteiger partial charge in [0.25, 0.3) is 0 Å². The van der Waals surface area contributed by atoms with Gasteiger partial charge in [-0.25, -0.2) is 4.99 Å². The minimum atomic E-state index is -4.55. The van der Waals surface area contributed by atoms with Gasteiger partial charge in [0.2, 0.25) is 11.9 Å². The number of hydrogen-bond donors (Lipinski definition) is 2. The van der Waals surface area contributed by atoms with E-state index in [4.69, 9.17) is 27.8 Å². The number of halogens is 4. The Kier molecular flexibility index (Phi) is 5.94. The van der Waals surface area contributed by atoms with Crippen LogP contribution < -0.4 is 21.1 Å². The molecule has 4 rings (SSSR count). The van der Waals surface area contributed by atoms with Crippen LogP contribution in [0.15, 0.2) is 40.3 Å². The molecule has 1 aliphatic heterocycles. The molecular weight excluding hydrogens is 455 g/mol. The first-order valence-corrected chi connectivity index (χ1v) is 11.0. The summed E-state index contributed by atoms with van der Waals surface area (Å²) >= 11 is 6.26. The maximum absolute atomic E-state index is 13.7. The van der Waals surface area contributed by atoms with Crippen molar-refractivity contribution in [3.05, 3.63) is 52.0 Å². The van der Waals surface area contributed by atoms with Crippen LogP contribution in [0.1, 0.15) is 48.8 Å². The second-order valence-corrected chi connectivity index (χ2v) is 8.85. The Morgan fingerprint density at radius 1 is 1.03 bits per heavy atom. The van der Waals surface area contributed by atoms with Crippen molar-refractivity contribution < 1.29 is 17.9 Å². The Balaban J connectivity index is 1.87. The van der Waals surface area contributed by atoms with Gasteiger partial charge < -0.3 is 16.2 Å². The van der Waals surface area contributed by atoms with Crippen molar-refractivity contribution in [2.45, 2.75) is 57.8 Å². The quantitative estimate of drug-likeness (QED) is 0.575. The minimum Gasteiger partial charge on any atom is -0.455 e. The summed E-state index contributed by atoms with van der Waals surface area (Å²) in [7, 11) is 0. The van der Waals surface area contributed by atoms with Crippen LogP contribution in [-0.4, -0.2) is 17.6 Å². The Hall–Kier alpha value is -2.94. The van der Waals surface area contributed by atoms with Crippen molar-refractivity contribution in [3.8, 4) is 11.5 Å². The average Bonchev–Trinajstić information content (AvgIpc) is 2.72. The number of alkyl halides is 3. The lowest BCUT2D eigenvalue weighted by Crippen LogP contribution is -2.58. The van der Waals surface area contributed by atoms with Gasteiger partial charge in [0.05, 0.1) is 11.3 Å². The van der Waals surface area contributed by atoms with E-state index in [2.05, 4.69) is 9.98 Å². The highest BCUT2D eigenvalue weighted by molar-refractivity contribution is 6.32. The molecule has 0 aromatic heterocycles. The molecule has 0 atom stereocenters. The van der Waals surface area contributed by atoms with Crippen LogP contribution >= 0.6 is 11.6 Å². The molecule has 0 bridgehead atoms. The van der Waals surface area contributed by atoms with Gasteiger partial charge in [-0.15, -0.1) is 0 Å². The molecule has 1 fully saturated rings. The number of anilines is 1. The molecule has 1 aliphatic carbocycles. The van der Waals surface area contributed by atoms with Gasteiger partial charge in [-0.1, -0.05) is 18.0 Å². The average molecular weight is 480 g/mol. The van der Waals surface area contributed by atoms with E-state index < -0.39 is 17.4 Å². The smallest absolute Gasteiger partial charge is 0.416 e. The van der Waals surface area contributed by atoms with Crippen LogP contribution in [0.2, 0.25) is 5.02 Å². The zero-order valence-corrected chi connectivity index (χ0v) is 19.1. The van der Waals surface area contributed by atoms with Gasteiger partial charge in [0.1, 0.15) is 11.4 Å². The summed E-state index contributed by atoms with van der Waals surface area (Å²) in [5.74, 6) is 0.646. The molecule has 176 valence electrons. The van der Waals surface area contributed by atoms with E-state index in [-0.39, 0.29) is 23.4 Å². The molecule has 33 heavy (non-hydrogen) atoms. The van der Waals surface area contributed by atoms with Gasteiger partial charge in [0, 0.05) is 5.02 Å². The highest BCUT2D eigenvalue weighted by atomic mass is 35.5. The molecule has 1 heterocycles. The SMILES string of the molecule is Cc1cc(Oc2ccc(C(F)(F)F)cc2N2C(N)=NC(N)=NC23CCCCC3)cc(C)c1Cl. The summed E-state index contributed by atoms with van der Waals surface area (Å²) in [5.41, 5.74) is 12.1. The van der Waals surface area contributed by atoms with Crippen LogP contribution in [0.4, 0.5) is 18.9 Å². The van der Waals surface area contributed by atoms with Crippen molar-refractivity contribution in [1.82, 2.24) is 0 Å².